The van der Waals surface area contributed by atoms with E-state index in [0.717, 1.165) is 24.9 Å². The van der Waals surface area contributed by atoms with Crippen LogP contribution in [0.5, 0.6) is 0 Å². The normalized spacial score (nSPS) is 11.2. The van der Waals surface area contributed by atoms with Crippen LogP contribution < -0.4 is 0 Å². The smallest absolute Gasteiger partial charge is 0.417 e. The van der Waals surface area contributed by atoms with Crippen molar-refractivity contribution in [2.24, 2.45) is 0 Å². The molecule has 0 unspecified atom stereocenters. The van der Waals surface area contributed by atoms with Gasteiger partial charge in [0.25, 0.3) is 0 Å². The predicted molar refractivity (Wildman–Crippen MR) is 97.9 cm³/mol. The van der Waals surface area contributed by atoms with E-state index in [1.165, 1.54) is 0 Å². The van der Waals surface area contributed by atoms with Crippen LogP contribution in [-0.2, 0) is 5.41 Å². The molecule has 0 spiro atoms. The summed E-state index contributed by atoms with van der Waals surface area (Å²) in [4.78, 5) is 14.7. The molecular formula is C16H19IN4O2. The largest absolute Gasteiger partial charge is 0.464 e. The number of nitrogens with zero attached hydrogens (tertiary/aromatic N) is 3. The number of hydrogen-bond donors (Lipinski definition) is 2. The second kappa shape index (κ2) is 6.69. The topological polar surface area (TPSA) is 83.8 Å². The van der Waals surface area contributed by atoms with Crippen LogP contribution in [0.1, 0.15) is 32.2 Å². The monoisotopic (exact) mass is 426 g/mol. The molecule has 122 valence electrons. The average Bonchev–Trinajstić information content (AvgIpc) is 3.04. The van der Waals surface area contributed by atoms with Gasteiger partial charge in [0.15, 0.2) is 0 Å². The van der Waals surface area contributed by atoms with E-state index >= 15 is 0 Å². The van der Waals surface area contributed by atoms with E-state index in [4.69, 9.17) is 5.11 Å². The molecule has 0 aliphatic carbocycles. The fourth-order valence-electron chi connectivity index (χ4n) is 1.97. The van der Waals surface area contributed by atoms with Gasteiger partial charge >= 0.3 is 6.09 Å². The van der Waals surface area contributed by atoms with Crippen molar-refractivity contribution in [3.8, 4) is 0 Å². The fourth-order valence-corrected chi connectivity index (χ4v) is 2.67. The van der Waals surface area contributed by atoms with E-state index in [2.05, 4.69) is 64.6 Å². The van der Waals surface area contributed by atoms with Crippen LogP contribution in [0.4, 0.5) is 4.79 Å². The second-order valence-electron chi connectivity index (χ2n) is 6.19. The minimum absolute atomic E-state index is 0.171. The Labute approximate surface area is 148 Å². The quantitative estimate of drug-likeness (QED) is 0.529. The first-order chi connectivity index (χ1) is 10.7. The van der Waals surface area contributed by atoms with E-state index in [1.807, 2.05) is 13.0 Å². The number of carbonyl (C=O) groups is 1. The molecule has 0 fully saturated rings. The molecule has 0 bridgehead atoms. The zero-order valence-electron chi connectivity index (χ0n) is 13.5. The number of H-pyrrole nitrogens is 1. The van der Waals surface area contributed by atoms with Crippen molar-refractivity contribution in [1.29, 1.82) is 0 Å². The van der Waals surface area contributed by atoms with Crippen LogP contribution in [0.15, 0.2) is 30.6 Å². The molecule has 0 saturated heterocycles. The summed E-state index contributed by atoms with van der Waals surface area (Å²) in [5, 5.41) is 16.8. The number of rotatable bonds is 0. The highest BCUT2D eigenvalue weighted by Gasteiger charge is 2.15. The SMILES string of the molecule is Cc1cc(C(C)(C)C)n[nH]1.O=C(O)n1cc(I)c2cccnc21. The van der Waals surface area contributed by atoms with E-state index in [9.17, 15) is 4.79 Å². The molecule has 3 aromatic heterocycles. The van der Waals surface area contributed by atoms with Crippen LogP contribution in [0, 0.1) is 10.5 Å². The molecule has 0 aliphatic rings. The van der Waals surface area contributed by atoms with Gasteiger partial charge in [-0.1, -0.05) is 20.8 Å². The third kappa shape index (κ3) is 4.10. The van der Waals surface area contributed by atoms with Crippen molar-refractivity contribution in [1.82, 2.24) is 19.7 Å². The van der Waals surface area contributed by atoms with Gasteiger partial charge in [-0.15, -0.1) is 0 Å². The maximum atomic E-state index is 10.7. The lowest BCUT2D eigenvalue weighted by atomic mass is 9.92. The number of hydrogen-bond acceptors (Lipinski definition) is 3. The molecule has 0 saturated carbocycles. The molecule has 0 aromatic carbocycles. The van der Waals surface area contributed by atoms with E-state index in [-0.39, 0.29) is 5.41 Å². The third-order valence-electron chi connectivity index (χ3n) is 3.20. The second-order valence-corrected chi connectivity index (χ2v) is 7.35. The highest BCUT2D eigenvalue weighted by atomic mass is 127. The molecule has 3 aromatic rings. The Kier molecular flexibility index (Phi) is 5.08. The maximum Gasteiger partial charge on any atom is 0.417 e. The zero-order valence-corrected chi connectivity index (χ0v) is 15.6. The van der Waals surface area contributed by atoms with E-state index in [0.29, 0.717) is 5.65 Å². The molecule has 0 aliphatic heterocycles. The van der Waals surface area contributed by atoms with Gasteiger partial charge in [0, 0.05) is 32.5 Å². The zero-order chi connectivity index (χ0) is 17.2. The molecule has 3 rings (SSSR count). The Balaban J connectivity index is 0.000000174. The molecule has 3 heterocycles. The van der Waals surface area contributed by atoms with E-state index in [1.54, 1.807) is 18.5 Å². The Bertz CT molecular complexity index is 830. The lowest BCUT2D eigenvalue weighted by Gasteiger charge is -2.13. The van der Waals surface area contributed by atoms with Gasteiger partial charge in [-0.25, -0.2) is 14.3 Å². The summed E-state index contributed by atoms with van der Waals surface area (Å²) in [5.41, 5.74) is 2.92. The van der Waals surface area contributed by atoms with Crippen molar-refractivity contribution < 1.29 is 9.90 Å². The molecule has 2 N–H and O–H groups in total. The average molecular weight is 426 g/mol. The first kappa shape index (κ1) is 17.5. The van der Waals surface area contributed by atoms with Crippen LogP contribution in [0.25, 0.3) is 11.0 Å². The van der Waals surface area contributed by atoms with Gasteiger partial charge in [0.1, 0.15) is 5.65 Å². The van der Waals surface area contributed by atoms with Crippen LogP contribution >= 0.6 is 22.6 Å². The lowest BCUT2D eigenvalue weighted by Crippen LogP contribution is -2.11. The molecular weight excluding hydrogens is 407 g/mol. The minimum atomic E-state index is -1.01. The number of nitrogens with one attached hydrogen (secondary N) is 1. The van der Waals surface area contributed by atoms with Crippen LogP contribution in [0.3, 0.4) is 0 Å². The van der Waals surface area contributed by atoms with Crippen molar-refractivity contribution in [2.45, 2.75) is 33.1 Å². The number of pyridine rings is 1. The Hall–Kier alpha value is -1.90. The number of aryl methyl sites for hydroxylation is 1. The van der Waals surface area contributed by atoms with Crippen LogP contribution in [0.2, 0.25) is 0 Å². The highest BCUT2D eigenvalue weighted by molar-refractivity contribution is 14.1. The summed E-state index contributed by atoms with van der Waals surface area (Å²) in [7, 11) is 0. The van der Waals surface area contributed by atoms with Crippen molar-refractivity contribution >= 4 is 39.7 Å². The van der Waals surface area contributed by atoms with Gasteiger partial charge < -0.3 is 5.11 Å². The summed E-state index contributed by atoms with van der Waals surface area (Å²) in [6.07, 6.45) is 2.13. The Morgan fingerprint density at radius 2 is 2.09 bits per heavy atom. The number of fused-ring (bicyclic) bond motifs is 1. The predicted octanol–water partition coefficient (Wildman–Crippen LogP) is 4.18. The van der Waals surface area contributed by atoms with Crippen molar-refractivity contribution in [3.05, 3.63) is 45.6 Å². The van der Waals surface area contributed by atoms with Gasteiger partial charge in [-0.05, 0) is 47.7 Å². The number of halogens is 1. The number of aromatic nitrogens is 4. The molecule has 6 nitrogen and oxygen atoms in total. The van der Waals surface area contributed by atoms with Crippen molar-refractivity contribution in [3.63, 3.8) is 0 Å². The van der Waals surface area contributed by atoms with Gasteiger partial charge in [-0.3, -0.25) is 5.10 Å². The minimum Gasteiger partial charge on any atom is -0.464 e. The molecule has 7 heteroatoms. The summed E-state index contributed by atoms with van der Waals surface area (Å²) in [6.45, 7) is 8.48. The van der Waals surface area contributed by atoms with Gasteiger partial charge in [0.05, 0.1) is 5.69 Å². The van der Waals surface area contributed by atoms with Crippen molar-refractivity contribution in [2.75, 3.05) is 0 Å². The summed E-state index contributed by atoms with van der Waals surface area (Å²) in [6, 6.07) is 5.72. The maximum absolute atomic E-state index is 10.7. The molecule has 0 radical (unpaired) electrons. The first-order valence-electron chi connectivity index (χ1n) is 7.07. The standard InChI is InChI=1S/C8H5IN2O2.C8H14N2/c9-6-4-11(8(12)13)7-5(6)2-1-3-10-7;1-6-5-7(10-9-6)8(2,3)4/h1-4H,(H,12,13);5H,1-4H3,(H,9,10). The Morgan fingerprint density at radius 3 is 2.57 bits per heavy atom. The summed E-state index contributed by atoms with van der Waals surface area (Å²) in [5.74, 6) is 0. The first-order valence-corrected chi connectivity index (χ1v) is 8.15. The molecule has 23 heavy (non-hydrogen) atoms. The van der Waals surface area contributed by atoms with Gasteiger partial charge in [-0.2, -0.15) is 5.10 Å². The Morgan fingerprint density at radius 1 is 1.39 bits per heavy atom. The van der Waals surface area contributed by atoms with Gasteiger partial charge in [0.2, 0.25) is 0 Å². The van der Waals surface area contributed by atoms with E-state index < -0.39 is 6.09 Å². The fraction of sp³-hybridized carbons (Fsp3) is 0.312. The lowest BCUT2D eigenvalue weighted by molar-refractivity contribution is 0.197. The van der Waals surface area contributed by atoms with Crippen LogP contribution in [-0.4, -0.2) is 30.9 Å². The third-order valence-corrected chi connectivity index (χ3v) is 4.05. The summed E-state index contributed by atoms with van der Waals surface area (Å²) >= 11 is 2.09. The molecule has 0 amide bonds. The highest BCUT2D eigenvalue weighted by Crippen LogP contribution is 2.20. The number of aromatic amines is 1. The number of carboxylic acid groups (broad SMARTS) is 1. The molecule has 0 atom stereocenters. The summed E-state index contributed by atoms with van der Waals surface area (Å²) < 4.78 is 2.01.